The van der Waals surface area contributed by atoms with Gasteiger partial charge in [0.15, 0.2) is 5.13 Å². The molecule has 23 heavy (non-hydrogen) atoms. The molecule has 0 spiro atoms. The lowest BCUT2D eigenvalue weighted by Gasteiger charge is -2.03. The molecule has 7 nitrogen and oxygen atoms in total. The van der Waals surface area contributed by atoms with Crippen molar-refractivity contribution < 1.29 is 4.79 Å². The molecule has 3 rings (SSSR count). The Hall–Kier alpha value is -2.87. The van der Waals surface area contributed by atoms with Crippen LogP contribution < -0.4 is 10.6 Å². The van der Waals surface area contributed by atoms with Crippen molar-refractivity contribution in [3.8, 4) is 0 Å². The van der Waals surface area contributed by atoms with Crippen molar-refractivity contribution in [3.63, 3.8) is 0 Å². The lowest BCUT2D eigenvalue weighted by molar-refractivity contribution is 0.0950. The van der Waals surface area contributed by atoms with E-state index in [9.17, 15) is 4.79 Å². The van der Waals surface area contributed by atoms with Crippen LogP contribution in [0.4, 0.5) is 11.1 Å². The third-order valence-corrected chi connectivity index (χ3v) is 3.73. The van der Waals surface area contributed by atoms with Gasteiger partial charge in [0, 0.05) is 36.7 Å². The first-order valence-electron chi connectivity index (χ1n) is 6.98. The third-order valence-electron chi connectivity index (χ3n) is 2.97. The first-order valence-corrected chi connectivity index (χ1v) is 7.86. The molecule has 3 aromatic heterocycles. The summed E-state index contributed by atoms with van der Waals surface area (Å²) in [7, 11) is 0. The quantitative estimate of drug-likeness (QED) is 0.720. The summed E-state index contributed by atoms with van der Waals surface area (Å²) in [6.07, 6.45) is 7.50. The topological polar surface area (TPSA) is 92.7 Å². The molecule has 0 saturated heterocycles. The van der Waals surface area contributed by atoms with Gasteiger partial charge in [-0.15, -0.1) is 11.3 Å². The average Bonchev–Trinajstić information content (AvgIpc) is 3.05. The minimum absolute atomic E-state index is 0.197. The largest absolute Gasteiger partial charge is 0.350 e. The lowest BCUT2D eigenvalue weighted by atomic mass is 10.2. The lowest BCUT2D eigenvalue weighted by Crippen LogP contribution is -2.26. The van der Waals surface area contributed by atoms with Gasteiger partial charge in [-0.05, 0) is 30.2 Å². The molecule has 0 radical (unpaired) electrons. The summed E-state index contributed by atoms with van der Waals surface area (Å²) in [5.74, 6) is 0.254. The molecule has 0 bridgehead atoms. The fourth-order valence-electron chi connectivity index (χ4n) is 1.86. The number of nitrogens with zero attached hydrogens (tertiary/aromatic N) is 4. The molecule has 0 aliphatic rings. The number of hydrogen-bond donors (Lipinski definition) is 2. The Morgan fingerprint density at radius 1 is 1.13 bits per heavy atom. The Balaban J connectivity index is 1.52. The molecule has 0 fully saturated rings. The van der Waals surface area contributed by atoms with Crippen molar-refractivity contribution in [3.05, 3.63) is 59.6 Å². The van der Waals surface area contributed by atoms with E-state index in [-0.39, 0.29) is 5.91 Å². The van der Waals surface area contributed by atoms with Gasteiger partial charge in [0.05, 0.1) is 0 Å². The molecule has 0 aromatic carbocycles. The molecular weight excluding hydrogens is 312 g/mol. The maximum Gasteiger partial charge on any atom is 0.270 e. The minimum Gasteiger partial charge on any atom is -0.350 e. The highest BCUT2D eigenvalue weighted by Crippen LogP contribution is 2.18. The SMILES string of the molecule is O=C(NCCc1ccncc1)c1csc(Nc2ncccn2)n1. The summed E-state index contributed by atoms with van der Waals surface area (Å²) >= 11 is 1.33. The predicted molar refractivity (Wildman–Crippen MR) is 87.7 cm³/mol. The summed E-state index contributed by atoms with van der Waals surface area (Å²) in [6.45, 7) is 0.547. The minimum atomic E-state index is -0.197. The molecule has 2 N–H and O–H groups in total. The second kappa shape index (κ2) is 7.41. The normalized spacial score (nSPS) is 10.3. The summed E-state index contributed by atoms with van der Waals surface area (Å²) in [5, 5.41) is 8.09. The Labute approximate surface area is 136 Å². The van der Waals surface area contributed by atoms with Gasteiger partial charge >= 0.3 is 0 Å². The second-order valence-corrected chi connectivity index (χ2v) is 5.45. The summed E-state index contributed by atoms with van der Waals surface area (Å²) < 4.78 is 0. The van der Waals surface area contributed by atoms with Gasteiger partial charge in [-0.3, -0.25) is 9.78 Å². The van der Waals surface area contributed by atoms with Gasteiger partial charge in [-0.2, -0.15) is 0 Å². The summed E-state index contributed by atoms with van der Waals surface area (Å²) in [6, 6.07) is 5.59. The highest BCUT2D eigenvalue weighted by Gasteiger charge is 2.10. The maximum atomic E-state index is 12.1. The van der Waals surface area contributed by atoms with Gasteiger partial charge < -0.3 is 10.6 Å². The van der Waals surface area contributed by atoms with Crippen molar-refractivity contribution in [1.29, 1.82) is 0 Å². The van der Waals surface area contributed by atoms with E-state index in [1.807, 2.05) is 12.1 Å². The Morgan fingerprint density at radius 2 is 1.91 bits per heavy atom. The van der Waals surface area contributed by atoms with Crippen molar-refractivity contribution in [1.82, 2.24) is 25.3 Å². The van der Waals surface area contributed by atoms with E-state index in [0.717, 1.165) is 12.0 Å². The maximum absolute atomic E-state index is 12.1. The van der Waals surface area contributed by atoms with Crippen LogP contribution in [-0.2, 0) is 6.42 Å². The fourth-order valence-corrected chi connectivity index (χ4v) is 2.54. The van der Waals surface area contributed by atoms with Crippen LogP contribution in [0.1, 0.15) is 16.1 Å². The number of aromatic nitrogens is 4. The molecule has 8 heteroatoms. The number of anilines is 2. The first-order chi connectivity index (χ1) is 11.3. The Morgan fingerprint density at radius 3 is 2.70 bits per heavy atom. The molecule has 0 unspecified atom stereocenters. The smallest absolute Gasteiger partial charge is 0.270 e. The van der Waals surface area contributed by atoms with E-state index in [1.54, 1.807) is 36.2 Å². The van der Waals surface area contributed by atoms with Crippen LogP contribution >= 0.6 is 11.3 Å². The monoisotopic (exact) mass is 326 g/mol. The molecule has 1 amide bonds. The van der Waals surface area contributed by atoms with Gasteiger partial charge in [0.2, 0.25) is 5.95 Å². The summed E-state index contributed by atoms with van der Waals surface area (Å²) in [5.41, 5.74) is 1.50. The second-order valence-electron chi connectivity index (χ2n) is 4.60. The number of nitrogens with one attached hydrogen (secondary N) is 2. The van der Waals surface area contributed by atoms with E-state index in [0.29, 0.717) is 23.3 Å². The zero-order chi connectivity index (χ0) is 15.9. The number of hydrogen-bond acceptors (Lipinski definition) is 7. The number of pyridine rings is 1. The van der Waals surface area contributed by atoms with Crippen molar-refractivity contribution in [2.24, 2.45) is 0 Å². The molecule has 0 atom stereocenters. The molecule has 0 aliphatic heterocycles. The number of carbonyl (C=O) groups excluding carboxylic acids is 1. The number of thiazole rings is 1. The number of amides is 1. The van der Waals surface area contributed by atoms with Crippen molar-refractivity contribution >= 4 is 28.3 Å². The first kappa shape index (κ1) is 15.0. The van der Waals surface area contributed by atoms with Crippen molar-refractivity contribution in [2.45, 2.75) is 6.42 Å². The van der Waals surface area contributed by atoms with Gasteiger partial charge in [-0.1, -0.05) is 0 Å². The molecule has 116 valence electrons. The zero-order valence-electron chi connectivity index (χ0n) is 12.1. The van der Waals surface area contributed by atoms with E-state index in [4.69, 9.17) is 0 Å². The third kappa shape index (κ3) is 4.30. The van der Waals surface area contributed by atoms with Gasteiger partial charge in [0.25, 0.3) is 5.91 Å². The Bertz CT molecular complexity index is 762. The summed E-state index contributed by atoms with van der Waals surface area (Å²) in [4.78, 5) is 28.4. The zero-order valence-corrected chi connectivity index (χ0v) is 13.0. The molecule has 3 aromatic rings. The molecule has 3 heterocycles. The fraction of sp³-hybridized carbons (Fsp3) is 0.133. The van der Waals surface area contributed by atoms with E-state index < -0.39 is 0 Å². The van der Waals surface area contributed by atoms with Crippen LogP contribution in [0.5, 0.6) is 0 Å². The predicted octanol–water partition coefficient (Wildman–Crippen LogP) is 2.04. The standard InChI is InChI=1S/C15H14N6OS/c22-13(17-9-4-11-2-7-16-8-3-11)12-10-23-15(20-12)21-14-18-5-1-6-19-14/h1-3,5-8,10H,4,9H2,(H,17,22)(H,18,19,20,21). The van der Waals surface area contributed by atoms with Crippen molar-refractivity contribution in [2.75, 3.05) is 11.9 Å². The van der Waals surface area contributed by atoms with E-state index in [1.165, 1.54) is 11.3 Å². The number of carbonyl (C=O) groups is 1. The van der Waals surface area contributed by atoms with Crippen LogP contribution in [0.25, 0.3) is 0 Å². The number of rotatable bonds is 6. The van der Waals surface area contributed by atoms with E-state index in [2.05, 4.69) is 30.6 Å². The highest BCUT2D eigenvalue weighted by molar-refractivity contribution is 7.14. The molecular formula is C15H14N6OS. The molecule has 0 saturated carbocycles. The van der Waals surface area contributed by atoms with Gasteiger partial charge in [-0.25, -0.2) is 15.0 Å². The van der Waals surface area contributed by atoms with E-state index >= 15 is 0 Å². The van der Waals surface area contributed by atoms with Crippen LogP contribution in [0.2, 0.25) is 0 Å². The van der Waals surface area contributed by atoms with Crippen LogP contribution in [-0.4, -0.2) is 32.4 Å². The van der Waals surface area contributed by atoms with Crippen LogP contribution in [0.3, 0.4) is 0 Å². The Kier molecular flexibility index (Phi) is 4.85. The average molecular weight is 326 g/mol. The highest BCUT2D eigenvalue weighted by atomic mass is 32.1. The molecule has 0 aliphatic carbocycles. The van der Waals surface area contributed by atoms with Crippen LogP contribution in [0, 0.1) is 0 Å². The van der Waals surface area contributed by atoms with Gasteiger partial charge in [0.1, 0.15) is 5.69 Å². The van der Waals surface area contributed by atoms with Crippen LogP contribution in [0.15, 0.2) is 48.4 Å².